The molecule has 2 heteroatoms. The number of nitrogens with two attached hydrogens (primary N) is 1. The minimum atomic E-state index is 0.257. The summed E-state index contributed by atoms with van der Waals surface area (Å²) < 4.78 is 0. The first-order valence-corrected chi connectivity index (χ1v) is 8.25. The summed E-state index contributed by atoms with van der Waals surface area (Å²) in [6.07, 6.45) is 10.6. The van der Waals surface area contributed by atoms with Crippen LogP contribution in [0.15, 0.2) is 18.3 Å². The van der Waals surface area contributed by atoms with Crippen molar-refractivity contribution in [2.24, 2.45) is 17.1 Å². The molecular formula is C18H30N2. The fraction of sp³-hybridized carbons (Fsp3) is 0.722. The predicted octanol–water partition coefficient (Wildman–Crippen LogP) is 4.12. The molecule has 0 saturated heterocycles. The third-order valence-electron chi connectivity index (χ3n) is 4.92. The molecule has 1 unspecified atom stereocenters. The van der Waals surface area contributed by atoms with E-state index in [0.717, 1.165) is 24.5 Å². The van der Waals surface area contributed by atoms with Gasteiger partial charge in [0.25, 0.3) is 0 Å². The van der Waals surface area contributed by atoms with Crippen molar-refractivity contribution < 1.29 is 0 Å². The molecule has 0 aliphatic heterocycles. The number of nitrogens with zero attached hydrogens (tertiary/aromatic N) is 1. The average molecular weight is 274 g/mol. The van der Waals surface area contributed by atoms with Gasteiger partial charge in [0, 0.05) is 24.4 Å². The van der Waals surface area contributed by atoms with Gasteiger partial charge in [-0.25, -0.2) is 0 Å². The van der Waals surface area contributed by atoms with Crippen LogP contribution >= 0.6 is 0 Å². The van der Waals surface area contributed by atoms with Gasteiger partial charge in [-0.05, 0) is 48.6 Å². The Morgan fingerprint density at radius 3 is 2.45 bits per heavy atom. The van der Waals surface area contributed by atoms with E-state index in [0.29, 0.717) is 5.41 Å². The molecule has 1 atom stereocenters. The van der Waals surface area contributed by atoms with Gasteiger partial charge in [0.1, 0.15) is 0 Å². The van der Waals surface area contributed by atoms with E-state index >= 15 is 0 Å². The normalized spacial score (nSPS) is 19.4. The Bertz CT molecular complexity index is 402. The van der Waals surface area contributed by atoms with Crippen LogP contribution in [-0.4, -0.2) is 11.0 Å². The van der Waals surface area contributed by atoms with Gasteiger partial charge in [0.2, 0.25) is 0 Å². The van der Waals surface area contributed by atoms with Crippen molar-refractivity contribution in [1.29, 1.82) is 0 Å². The van der Waals surface area contributed by atoms with Crippen LogP contribution in [0.5, 0.6) is 0 Å². The summed E-state index contributed by atoms with van der Waals surface area (Å²) in [6.45, 7) is 6.81. The number of hydrogen-bond donors (Lipinski definition) is 1. The number of aromatic nitrogens is 1. The van der Waals surface area contributed by atoms with E-state index in [2.05, 4.69) is 37.9 Å². The highest BCUT2D eigenvalue weighted by Crippen LogP contribution is 2.45. The van der Waals surface area contributed by atoms with Crippen LogP contribution < -0.4 is 5.73 Å². The molecule has 0 spiro atoms. The second-order valence-electron chi connectivity index (χ2n) is 6.99. The number of rotatable bonds is 6. The minimum absolute atomic E-state index is 0.257. The Hall–Kier alpha value is -0.890. The SMILES string of the molecule is CCc1ccc(CC(N)C2(CC(C)C)CCCC2)nc1. The van der Waals surface area contributed by atoms with E-state index in [1.54, 1.807) is 0 Å². The van der Waals surface area contributed by atoms with Gasteiger partial charge in [0.15, 0.2) is 0 Å². The van der Waals surface area contributed by atoms with Gasteiger partial charge < -0.3 is 5.73 Å². The molecule has 112 valence electrons. The quantitative estimate of drug-likeness (QED) is 0.847. The van der Waals surface area contributed by atoms with E-state index in [1.165, 1.54) is 37.7 Å². The van der Waals surface area contributed by atoms with Gasteiger partial charge in [0.05, 0.1) is 0 Å². The average Bonchev–Trinajstić information content (AvgIpc) is 2.88. The molecule has 2 rings (SSSR count). The predicted molar refractivity (Wildman–Crippen MR) is 85.7 cm³/mol. The second kappa shape index (κ2) is 6.71. The van der Waals surface area contributed by atoms with Crippen LogP contribution in [0.1, 0.15) is 64.1 Å². The lowest BCUT2D eigenvalue weighted by Gasteiger charge is -2.37. The first-order chi connectivity index (χ1) is 9.55. The first kappa shape index (κ1) is 15.5. The smallest absolute Gasteiger partial charge is 0.0419 e. The zero-order valence-electron chi connectivity index (χ0n) is 13.4. The van der Waals surface area contributed by atoms with E-state index < -0.39 is 0 Å². The molecule has 0 aromatic carbocycles. The summed E-state index contributed by atoms with van der Waals surface area (Å²) in [7, 11) is 0. The second-order valence-corrected chi connectivity index (χ2v) is 6.99. The molecule has 1 fully saturated rings. The van der Waals surface area contributed by atoms with Gasteiger partial charge in [-0.2, -0.15) is 0 Å². The Morgan fingerprint density at radius 1 is 1.25 bits per heavy atom. The lowest BCUT2D eigenvalue weighted by molar-refractivity contribution is 0.181. The molecule has 2 nitrogen and oxygen atoms in total. The molecule has 1 saturated carbocycles. The lowest BCUT2D eigenvalue weighted by Crippen LogP contribution is -2.42. The maximum Gasteiger partial charge on any atom is 0.0419 e. The fourth-order valence-electron chi connectivity index (χ4n) is 3.85. The molecule has 1 heterocycles. The lowest BCUT2D eigenvalue weighted by atomic mass is 9.71. The Morgan fingerprint density at radius 2 is 1.95 bits per heavy atom. The van der Waals surface area contributed by atoms with Crippen molar-refractivity contribution in [3.8, 4) is 0 Å². The molecule has 2 N–H and O–H groups in total. The topological polar surface area (TPSA) is 38.9 Å². The Balaban J connectivity index is 2.05. The molecule has 0 bridgehead atoms. The fourth-order valence-corrected chi connectivity index (χ4v) is 3.85. The van der Waals surface area contributed by atoms with Gasteiger partial charge in [-0.15, -0.1) is 0 Å². The zero-order valence-corrected chi connectivity index (χ0v) is 13.4. The maximum atomic E-state index is 6.62. The van der Waals surface area contributed by atoms with E-state index in [1.807, 2.05) is 6.20 Å². The van der Waals surface area contributed by atoms with Gasteiger partial charge in [-0.1, -0.05) is 39.7 Å². The van der Waals surface area contributed by atoms with Crippen molar-refractivity contribution in [3.05, 3.63) is 29.6 Å². The van der Waals surface area contributed by atoms with Crippen LogP contribution in [0.3, 0.4) is 0 Å². The third-order valence-corrected chi connectivity index (χ3v) is 4.92. The zero-order chi connectivity index (χ0) is 14.6. The molecule has 1 aliphatic rings. The van der Waals surface area contributed by atoms with E-state index in [4.69, 9.17) is 5.73 Å². The molecule has 1 aromatic heterocycles. The molecule has 1 aliphatic carbocycles. The van der Waals surface area contributed by atoms with Crippen molar-refractivity contribution in [2.75, 3.05) is 0 Å². The summed E-state index contributed by atoms with van der Waals surface area (Å²) in [6, 6.07) is 4.61. The van der Waals surface area contributed by atoms with E-state index in [-0.39, 0.29) is 6.04 Å². The van der Waals surface area contributed by atoms with Gasteiger partial charge >= 0.3 is 0 Å². The van der Waals surface area contributed by atoms with E-state index in [9.17, 15) is 0 Å². The summed E-state index contributed by atoms with van der Waals surface area (Å²) in [4.78, 5) is 4.59. The minimum Gasteiger partial charge on any atom is -0.327 e. The first-order valence-electron chi connectivity index (χ1n) is 8.25. The van der Waals surface area contributed by atoms with Crippen molar-refractivity contribution in [3.63, 3.8) is 0 Å². The summed E-state index contributed by atoms with van der Waals surface area (Å²) >= 11 is 0. The highest BCUT2D eigenvalue weighted by molar-refractivity contribution is 5.15. The summed E-state index contributed by atoms with van der Waals surface area (Å²) in [5.41, 5.74) is 9.45. The number of pyridine rings is 1. The van der Waals surface area contributed by atoms with Crippen LogP contribution in [0.25, 0.3) is 0 Å². The molecule has 1 aromatic rings. The van der Waals surface area contributed by atoms with Crippen molar-refractivity contribution in [1.82, 2.24) is 4.98 Å². The largest absolute Gasteiger partial charge is 0.327 e. The molecule has 20 heavy (non-hydrogen) atoms. The van der Waals surface area contributed by atoms with Crippen LogP contribution in [0.2, 0.25) is 0 Å². The molecule has 0 amide bonds. The monoisotopic (exact) mass is 274 g/mol. The molecular weight excluding hydrogens is 244 g/mol. The Labute approximate surface area is 124 Å². The number of hydrogen-bond acceptors (Lipinski definition) is 2. The van der Waals surface area contributed by atoms with Crippen LogP contribution in [0.4, 0.5) is 0 Å². The highest BCUT2D eigenvalue weighted by Gasteiger charge is 2.39. The summed E-state index contributed by atoms with van der Waals surface area (Å²) in [5.74, 6) is 0.731. The molecule has 0 radical (unpaired) electrons. The number of aryl methyl sites for hydroxylation is 1. The standard InChI is InChI=1S/C18H30N2/c1-4-15-7-8-16(20-13-15)11-17(19)18(12-14(2)3)9-5-6-10-18/h7-8,13-14,17H,4-6,9-12,19H2,1-3H3. The van der Waals surface area contributed by atoms with Crippen LogP contribution in [-0.2, 0) is 12.8 Å². The van der Waals surface area contributed by atoms with Crippen molar-refractivity contribution >= 4 is 0 Å². The van der Waals surface area contributed by atoms with Gasteiger partial charge in [-0.3, -0.25) is 4.98 Å². The Kier molecular flexibility index (Phi) is 5.20. The highest BCUT2D eigenvalue weighted by atomic mass is 14.7. The van der Waals surface area contributed by atoms with Crippen LogP contribution in [0, 0.1) is 11.3 Å². The maximum absolute atomic E-state index is 6.62. The third kappa shape index (κ3) is 3.60. The van der Waals surface area contributed by atoms with Crippen molar-refractivity contribution in [2.45, 2.75) is 71.8 Å². The summed E-state index contributed by atoms with van der Waals surface area (Å²) in [5, 5.41) is 0.